The standard InChI is InChI=1S/C10H16N2OS/c1-2-4-11-9(3-1)7-13-8-10-12-5-6-14-10/h5-6,9,11H,1-4,7-8H2/t9-/m0/s1. The summed E-state index contributed by atoms with van der Waals surface area (Å²) in [4.78, 5) is 4.17. The second-order valence-electron chi connectivity index (χ2n) is 3.59. The van der Waals surface area contributed by atoms with Crippen LogP contribution in [0.15, 0.2) is 11.6 Å². The number of hydrogen-bond acceptors (Lipinski definition) is 4. The van der Waals surface area contributed by atoms with Gasteiger partial charge in [-0.25, -0.2) is 4.98 Å². The van der Waals surface area contributed by atoms with Crippen LogP contribution in [0.5, 0.6) is 0 Å². The molecule has 1 aromatic rings. The van der Waals surface area contributed by atoms with Crippen molar-refractivity contribution >= 4 is 11.3 Å². The quantitative estimate of drug-likeness (QED) is 0.826. The molecule has 1 aliphatic heterocycles. The molecular formula is C10H16N2OS. The molecule has 3 nitrogen and oxygen atoms in total. The van der Waals surface area contributed by atoms with Gasteiger partial charge in [-0.05, 0) is 19.4 Å². The Hall–Kier alpha value is -0.450. The molecule has 1 fully saturated rings. The molecule has 14 heavy (non-hydrogen) atoms. The van der Waals surface area contributed by atoms with Crippen molar-refractivity contribution in [2.75, 3.05) is 13.2 Å². The first-order chi connectivity index (χ1) is 6.95. The Morgan fingerprint density at radius 2 is 2.57 bits per heavy atom. The Labute approximate surface area is 88.5 Å². The van der Waals surface area contributed by atoms with Crippen LogP contribution in [0.1, 0.15) is 24.3 Å². The van der Waals surface area contributed by atoms with Crippen LogP contribution in [-0.2, 0) is 11.3 Å². The first-order valence-corrected chi connectivity index (χ1v) is 6.02. The van der Waals surface area contributed by atoms with E-state index in [2.05, 4.69) is 10.3 Å². The summed E-state index contributed by atoms with van der Waals surface area (Å²) in [6, 6.07) is 0.559. The predicted molar refractivity (Wildman–Crippen MR) is 57.4 cm³/mol. The molecule has 0 aromatic carbocycles. The van der Waals surface area contributed by atoms with E-state index < -0.39 is 0 Å². The van der Waals surface area contributed by atoms with E-state index in [-0.39, 0.29) is 0 Å². The van der Waals surface area contributed by atoms with Gasteiger partial charge in [-0.1, -0.05) is 6.42 Å². The summed E-state index contributed by atoms with van der Waals surface area (Å²) >= 11 is 1.65. The fourth-order valence-corrected chi connectivity index (χ4v) is 2.23. The van der Waals surface area contributed by atoms with Gasteiger partial charge in [0.25, 0.3) is 0 Å². The summed E-state index contributed by atoms with van der Waals surface area (Å²) < 4.78 is 5.60. The van der Waals surface area contributed by atoms with Crippen LogP contribution in [0.2, 0.25) is 0 Å². The van der Waals surface area contributed by atoms with Crippen LogP contribution in [0.25, 0.3) is 0 Å². The van der Waals surface area contributed by atoms with E-state index in [0.29, 0.717) is 12.6 Å². The molecule has 0 radical (unpaired) electrons. The highest BCUT2D eigenvalue weighted by Gasteiger charge is 2.12. The Kier molecular flexibility index (Phi) is 3.91. The molecule has 0 saturated carbocycles. The number of aromatic nitrogens is 1. The lowest BCUT2D eigenvalue weighted by atomic mass is 10.1. The summed E-state index contributed by atoms with van der Waals surface area (Å²) in [6.07, 6.45) is 5.71. The van der Waals surface area contributed by atoms with Crippen molar-refractivity contribution in [3.8, 4) is 0 Å². The molecule has 1 aromatic heterocycles. The molecule has 0 amide bonds. The highest BCUT2D eigenvalue weighted by molar-refractivity contribution is 7.09. The molecule has 0 unspecified atom stereocenters. The number of hydrogen-bond donors (Lipinski definition) is 1. The normalized spacial score (nSPS) is 22.4. The van der Waals surface area contributed by atoms with Gasteiger partial charge in [-0.3, -0.25) is 0 Å². The minimum absolute atomic E-state index is 0.559. The van der Waals surface area contributed by atoms with Crippen LogP contribution < -0.4 is 5.32 Å². The van der Waals surface area contributed by atoms with Gasteiger partial charge in [0.05, 0.1) is 13.2 Å². The Morgan fingerprint density at radius 1 is 1.57 bits per heavy atom. The zero-order valence-corrected chi connectivity index (χ0v) is 9.05. The zero-order chi connectivity index (χ0) is 9.64. The van der Waals surface area contributed by atoms with Crippen molar-refractivity contribution < 1.29 is 4.74 Å². The molecule has 2 rings (SSSR count). The number of thiazole rings is 1. The molecule has 4 heteroatoms. The van der Waals surface area contributed by atoms with Gasteiger partial charge in [-0.2, -0.15) is 0 Å². The second-order valence-corrected chi connectivity index (χ2v) is 4.57. The largest absolute Gasteiger partial charge is 0.373 e. The average Bonchev–Trinajstić information content (AvgIpc) is 2.72. The van der Waals surface area contributed by atoms with E-state index in [0.717, 1.165) is 18.2 Å². The third kappa shape index (κ3) is 3.04. The Balaban J connectivity index is 1.62. The fraction of sp³-hybridized carbons (Fsp3) is 0.700. The number of nitrogens with one attached hydrogen (secondary N) is 1. The van der Waals surface area contributed by atoms with Crippen LogP contribution >= 0.6 is 11.3 Å². The lowest BCUT2D eigenvalue weighted by Gasteiger charge is -2.22. The number of piperidine rings is 1. The van der Waals surface area contributed by atoms with E-state index in [1.807, 2.05) is 11.6 Å². The number of ether oxygens (including phenoxy) is 1. The van der Waals surface area contributed by atoms with Crippen LogP contribution in [-0.4, -0.2) is 24.2 Å². The summed E-state index contributed by atoms with van der Waals surface area (Å²) in [5.74, 6) is 0. The van der Waals surface area contributed by atoms with Gasteiger partial charge < -0.3 is 10.1 Å². The molecular weight excluding hydrogens is 196 g/mol. The second kappa shape index (κ2) is 5.44. The maximum absolute atomic E-state index is 5.60. The lowest BCUT2D eigenvalue weighted by molar-refractivity contribution is 0.0910. The molecule has 0 spiro atoms. The lowest BCUT2D eigenvalue weighted by Crippen LogP contribution is -2.37. The van der Waals surface area contributed by atoms with Crippen LogP contribution in [0.4, 0.5) is 0 Å². The summed E-state index contributed by atoms with van der Waals surface area (Å²) in [5, 5.41) is 6.51. The van der Waals surface area contributed by atoms with Gasteiger partial charge >= 0.3 is 0 Å². The maximum atomic E-state index is 5.60. The topological polar surface area (TPSA) is 34.1 Å². The molecule has 1 saturated heterocycles. The van der Waals surface area contributed by atoms with Crippen molar-refractivity contribution in [2.45, 2.75) is 31.9 Å². The molecule has 0 bridgehead atoms. The minimum Gasteiger partial charge on any atom is -0.373 e. The first-order valence-electron chi connectivity index (χ1n) is 5.14. The zero-order valence-electron chi connectivity index (χ0n) is 8.24. The number of rotatable bonds is 4. The first kappa shape index (κ1) is 10.1. The number of nitrogens with zero attached hydrogens (tertiary/aromatic N) is 1. The average molecular weight is 212 g/mol. The monoisotopic (exact) mass is 212 g/mol. The summed E-state index contributed by atoms with van der Waals surface area (Å²) in [6.45, 7) is 2.63. The van der Waals surface area contributed by atoms with Gasteiger partial charge in [-0.15, -0.1) is 11.3 Å². The third-order valence-corrected chi connectivity index (χ3v) is 3.19. The predicted octanol–water partition coefficient (Wildman–Crippen LogP) is 1.80. The SMILES string of the molecule is c1csc(COC[C@@H]2CCCCN2)n1. The van der Waals surface area contributed by atoms with E-state index in [4.69, 9.17) is 4.74 Å². The van der Waals surface area contributed by atoms with Crippen molar-refractivity contribution in [1.29, 1.82) is 0 Å². The van der Waals surface area contributed by atoms with Gasteiger partial charge in [0, 0.05) is 17.6 Å². The molecule has 2 heterocycles. The fourth-order valence-electron chi connectivity index (χ4n) is 1.68. The highest BCUT2D eigenvalue weighted by atomic mass is 32.1. The molecule has 1 N–H and O–H groups in total. The van der Waals surface area contributed by atoms with E-state index in [1.165, 1.54) is 19.3 Å². The van der Waals surface area contributed by atoms with Crippen molar-refractivity contribution in [2.24, 2.45) is 0 Å². The molecule has 1 aliphatic rings. The maximum Gasteiger partial charge on any atom is 0.118 e. The summed E-state index contributed by atoms with van der Waals surface area (Å²) in [7, 11) is 0. The van der Waals surface area contributed by atoms with Gasteiger partial charge in [0.2, 0.25) is 0 Å². The van der Waals surface area contributed by atoms with Gasteiger partial charge in [0.15, 0.2) is 0 Å². The van der Waals surface area contributed by atoms with Crippen LogP contribution in [0, 0.1) is 0 Å². The van der Waals surface area contributed by atoms with E-state index in [9.17, 15) is 0 Å². The third-order valence-electron chi connectivity index (χ3n) is 2.44. The minimum atomic E-state index is 0.559. The molecule has 0 aliphatic carbocycles. The van der Waals surface area contributed by atoms with Crippen molar-refractivity contribution in [1.82, 2.24) is 10.3 Å². The van der Waals surface area contributed by atoms with E-state index >= 15 is 0 Å². The Morgan fingerprint density at radius 3 is 3.29 bits per heavy atom. The summed E-state index contributed by atoms with van der Waals surface area (Å²) in [5.41, 5.74) is 0. The van der Waals surface area contributed by atoms with E-state index in [1.54, 1.807) is 11.3 Å². The van der Waals surface area contributed by atoms with Crippen molar-refractivity contribution in [3.63, 3.8) is 0 Å². The highest BCUT2D eigenvalue weighted by Crippen LogP contribution is 2.09. The van der Waals surface area contributed by atoms with Crippen LogP contribution in [0.3, 0.4) is 0 Å². The Bertz CT molecular complexity index is 245. The van der Waals surface area contributed by atoms with Gasteiger partial charge in [0.1, 0.15) is 5.01 Å². The molecule has 1 atom stereocenters. The van der Waals surface area contributed by atoms with Crippen molar-refractivity contribution in [3.05, 3.63) is 16.6 Å². The smallest absolute Gasteiger partial charge is 0.118 e. The molecule has 78 valence electrons.